The first kappa shape index (κ1) is 19.9. The Morgan fingerprint density at radius 2 is 2.25 bits per heavy atom. The molecule has 2 aromatic heterocycles. The number of benzene rings is 1. The van der Waals surface area contributed by atoms with Crippen LogP contribution in [0.2, 0.25) is 0 Å². The third-order valence-electron chi connectivity index (χ3n) is 4.90. The molecule has 4 N–H and O–H groups in total. The fourth-order valence-electron chi connectivity index (χ4n) is 3.28. The molecule has 1 amide bonds. The van der Waals surface area contributed by atoms with Crippen molar-refractivity contribution in [2.24, 2.45) is 0 Å². The molecule has 7 heteroatoms. The van der Waals surface area contributed by atoms with E-state index in [0.29, 0.717) is 18.7 Å². The van der Waals surface area contributed by atoms with Gasteiger partial charge in [-0.05, 0) is 49.9 Å². The van der Waals surface area contributed by atoms with Crippen LogP contribution in [0.25, 0.3) is 10.9 Å². The molecule has 0 radical (unpaired) electrons. The molecule has 0 spiro atoms. The van der Waals surface area contributed by atoms with Gasteiger partial charge in [0.2, 0.25) is 0 Å². The molecule has 0 saturated carbocycles. The van der Waals surface area contributed by atoms with E-state index in [1.165, 1.54) is 18.1 Å². The number of aryl methyl sites for hydroxylation is 2. The number of aromatic amines is 2. The normalized spacial score (nSPS) is 12.2. The van der Waals surface area contributed by atoms with Crippen molar-refractivity contribution in [1.29, 1.82) is 0 Å². The number of aliphatic hydroxyl groups is 1. The summed E-state index contributed by atoms with van der Waals surface area (Å²) in [6.07, 6.45) is 6.42. The summed E-state index contributed by atoms with van der Waals surface area (Å²) in [6, 6.07) is 5.76. The second-order valence-corrected chi connectivity index (χ2v) is 6.99. The second kappa shape index (κ2) is 9.41. The van der Waals surface area contributed by atoms with Gasteiger partial charge in [0.15, 0.2) is 0 Å². The predicted molar refractivity (Wildman–Crippen MR) is 109 cm³/mol. The Bertz CT molecular complexity index is 902. The Hall–Kier alpha value is -2.80. The zero-order valence-electron chi connectivity index (χ0n) is 16.4. The van der Waals surface area contributed by atoms with Crippen molar-refractivity contribution in [3.05, 3.63) is 47.7 Å². The minimum atomic E-state index is -0.330. The first-order chi connectivity index (χ1) is 13.6. The molecule has 0 fully saturated rings. The van der Waals surface area contributed by atoms with E-state index in [2.05, 4.69) is 33.3 Å². The molecule has 0 aliphatic carbocycles. The molecular formula is C21H28N4O3. The summed E-state index contributed by atoms with van der Waals surface area (Å²) in [6.45, 7) is 4.78. The zero-order chi connectivity index (χ0) is 19.9. The van der Waals surface area contributed by atoms with Gasteiger partial charge in [-0.3, -0.25) is 4.79 Å². The number of hydrogen-bond acceptors (Lipinski definition) is 4. The minimum absolute atomic E-state index is 0.118. The lowest BCUT2D eigenvalue weighted by Gasteiger charge is -2.16. The number of H-pyrrole nitrogens is 2. The van der Waals surface area contributed by atoms with E-state index in [1.54, 1.807) is 0 Å². The lowest BCUT2D eigenvalue weighted by molar-refractivity contribution is 0.0909. The van der Waals surface area contributed by atoms with E-state index in [0.717, 1.165) is 41.6 Å². The molecule has 1 aromatic carbocycles. The van der Waals surface area contributed by atoms with Crippen LogP contribution >= 0.6 is 0 Å². The van der Waals surface area contributed by atoms with E-state index in [1.807, 2.05) is 19.1 Å². The Kier molecular flexibility index (Phi) is 6.71. The first-order valence-corrected chi connectivity index (χ1v) is 9.76. The molecule has 150 valence electrons. The smallest absolute Gasteiger partial charge is 0.269 e. The third-order valence-corrected chi connectivity index (χ3v) is 4.90. The highest BCUT2D eigenvalue weighted by atomic mass is 16.5. The number of amides is 1. The number of imidazole rings is 1. The van der Waals surface area contributed by atoms with Gasteiger partial charge in [0.05, 0.1) is 31.8 Å². The fourth-order valence-corrected chi connectivity index (χ4v) is 3.28. The van der Waals surface area contributed by atoms with Crippen molar-refractivity contribution < 1.29 is 14.6 Å². The number of ether oxygens (including phenoxy) is 1. The summed E-state index contributed by atoms with van der Waals surface area (Å²) >= 11 is 0. The van der Waals surface area contributed by atoms with Crippen LogP contribution in [0.5, 0.6) is 5.75 Å². The summed E-state index contributed by atoms with van der Waals surface area (Å²) in [4.78, 5) is 22.2. The summed E-state index contributed by atoms with van der Waals surface area (Å²) in [5, 5.41) is 13.7. The van der Waals surface area contributed by atoms with Crippen LogP contribution in [-0.2, 0) is 6.42 Å². The topological polar surface area (TPSA) is 103 Å². The lowest BCUT2D eigenvalue weighted by Crippen LogP contribution is -2.38. The number of fused-ring (bicyclic) bond motifs is 1. The van der Waals surface area contributed by atoms with Gasteiger partial charge in [0, 0.05) is 16.6 Å². The van der Waals surface area contributed by atoms with Gasteiger partial charge >= 0.3 is 0 Å². The summed E-state index contributed by atoms with van der Waals surface area (Å²) in [7, 11) is 0. The van der Waals surface area contributed by atoms with Crippen LogP contribution in [0.4, 0.5) is 0 Å². The highest BCUT2D eigenvalue weighted by Gasteiger charge is 2.16. The minimum Gasteiger partial charge on any atom is -0.494 e. The number of carbonyl (C=O) groups excluding carboxylic acids is 1. The molecular weight excluding hydrogens is 356 g/mol. The molecule has 3 aromatic rings. The van der Waals surface area contributed by atoms with Crippen LogP contribution < -0.4 is 10.1 Å². The van der Waals surface area contributed by atoms with Crippen LogP contribution in [0, 0.1) is 6.92 Å². The van der Waals surface area contributed by atoms with Crippen LogP contribution in [0.15, 0.2) is 30.7 Å². The average Bonchev–Trinajstić information content (AvgIpc) is 3.33. The van der Waals surface area contributed by atoms with Gasteiger partial charge < -0.3 is 25.1 Å². The Labute approximate surface area is 164 Å². The van der Waals surface area contributed by atoms with Crippen molar-refractivity contribution in [3.63, 3.8) is 0 Å². The number of aliphatic hydroxyl groups excluding tert-OH is 1. The van der Waals surface area contributed by atoms with Crippen molar-refractivity contribution in [2.75, 3.05) is 13.2 Å². The molecule has 3 rings (SSSR count). The Morgan fingerprint density at radius 1 is 1.39 bits per heavy atom. The highest BCUT2D eigenvalue weighted by Crippen LogP contribution is 2.28. The molecule has 0 bridgehead atoms. The van der Waals surface area contributed by atoms with Crippen LogP contribution in [0.1, 0.15) is 47.9 Å². The van der Waals surface area contributed by atoms with Crippen molar-refractivity contribution in [1.82, 2.24) is 20.3 Å². The maximum Gasteiger partial charge on any atom is 0.269 e. The molecule has 0 aliphatic rings. The summed E-state index contributed by atoms with van der Waals surface area (Å²) < 4.78 is 5.84. The maximum atomic E-state index is 12.2. The monoisotopic (exact) mass is 384 g/mol. The van der Waals surface area contributed by atoms with E-state index < -0.39 is 0 Å². The zero-order valence-corrected chi connectivity index (χ0v) is 16.4. The summed E-state index contributed by atoms with van der Waals surface area (Å²) in [5.74, 6) is 0.603. The lowest BCUT2D eigenvalue weighted by atomic mass is 10.0. The second-order valence-electron chi connectivity index (χ2n) is 6.99. The average molecular weight is 384 g/mol. The Morgan fingerprint density at radius 3 is 2.96 bits per heavy atom. The SMILES string of the molecule is CCCCOc1ccc2[nH]c(C)c(CC[C@H](CO)NC(=O)c3cnc[nH]3)c2c1. The molecule has 0 aliphatic heterocycles. The highest BCUT2D eigenvalue weighted by molar-refractivity contribution is 5.92. The largest absolute Gasteiger partial charge is 0.494 e. The number of unbranched alkanes of at least 4 members (excludes halogenated alkanes) is 1. The van der Waals surface area contributed by atoms with Gasteiger partial charge in [-0.25, -0.2) is 4.98 Å². The molecule has 2 heterocycles. The third kappa shape index (κ3) is 4.72. The quantitative estimate of drug-likeness (QED) is 0.403. The number of rotatable bonds is 10. The van der Waals surface area contributed by atoms with E-state index in [4.69, 9.17) is 4.74 Å². The standard InChI is InChI=1S/C21H28N4O3/c1-3-4-9-28-16-6-8-19-18(10-16)17(14(2)24-19)7-5-15(12-26)25-21(27)20-11-22-13-23-20/h6,8,10-11,13,15,24,26H,3-5,7,9,12H2,1-2H3,(H,22,23)(H,25,27)/t15-/m1/s1. The van der Waals surface area contributed by atoms with Crippen molar-refractivity contribution in [2.45, 2.75) is 45.6 Å². The van der Waals surface area contributed by atoms with Crippen molar-refractivity contribution >= 4 is 16.8 Å². The number of nitrogens with zero attached hydrogens (tertiary/aromatic N) is 1. The number of aromatic nitrogens is 3. The Balaban J connectivity index is 1.68. The van der Waals surface area contributed by atoms with E-state index in [-0.39, 0.29) is 18.6 Å². The first-order valence-electron chi connectivity index (χ1n) is 9.76. The van der Waals surface area contributed by atoms with Gasteiger partial charge in [-0.1, -0.05) is 13.3 Å². The fraction of sp³-hybridized carbons (Fsp3) is 0.429. The van der Waals surface area contributed by atoms with Crippen molar-refractivity contribution in [3.8, 4) is 5.75 Å². The van der Waals surface area contributed by atoms with Gasteiger partial charge in [0.25, 0.3) is 5.91 Å². The van der Waals surface area contributed by atoms with Gasteiger partial charge in [-0.15, -0.1) is 0 Å². The van der Waals surface area contributed by atoms with Gasteiger partial charge in [-0.2, -0.15) is 0 Å². The predicted octanol–water partition coefficient (Wildman–Crippen LogP) is 3.10. The molecule has 0 saturated heterocycles. The number of nitrogens with one attached hydrogen (secondary N) is 3. The van der Waals surface area contributed by atoms with E-state index >= 15 is 0 Å². The number of hydrogen-bond donors (Lipinski definition) is 4. The van der Waals surface area contributed by atoms with Crippen LogP contribution in [0.3, 0.4) is 0 Å². The molecule has 1 atom stereocenters. The maximum absolute atomic E-state index is 12.2. The van der Waals surface area contributed by atoms with Crippen LogP contribution in [-0.4, -0.2) is 45.2 Å². The molecule has 0 unspecified atom stereocenters. The molecule has 28 heavy (non-hydrogen) atoms. The van der Waals surface area contributed by atoms with E-state index in [9.17, 15) is 9.90 Å². The van der Waals surface area contributed by atoms with Gasteiger partial charge in [0.1, 0.15) is 11.4 Å². The number of carbonyl (C=O) groups is 1. The summed E-state index contributed by atoms with van der Waals surface area (Å²) in [5.41, 5.74) is 3.73. The molecule has 7 nitrogen and oxygen atoms in total.